The standard InChI is InChI=1S/C9H10BrClO2/c1-3-13-9-5-8(12-2)6(10)4-7(9)11/h4-5H,3H2,1-2H3. The van der Waals surface area contributed by atoms with E-state index in [0.717, 1.165) is 4.47 Å². The third kappa shape index (κ3) is 2.51. The molecular weight excluding hydrogens is 255 g/mol. The van der Waals surface area contributed by atoms with Crippen LogP contribution in [0.5, 0.6) is 11.5 Å². The van der Waals surface area contributed by atoms with Gasteiger partial charge in [-0.3, -0.25) is 0 Å². The second-order valence-corrected chi connectivity index (χ2v) is 3.61. The molecule has 0 atom stereocenters. The molecule has 1 aromatic carbocycles. The molecule has 0 aliphatic rings. The second kappa shape index (κ2) is 4.72. The predicted octanol–water partition coefficient (Wildman–Crippen LogP) is 3.51. The smallest absolute Gasteiger partial charge is 0.141 e. The number of benzene rings is 1. The van der Waals surface area contributed by atoms with Crippen LogP contribution in [0.3, 0.4) is 0 Å². The Morgan fingerprint density at radius 1 is 1.38 bits per heavy atom. The van der Waals surface area contributed by atoms with Crippen molar-refractivity contribution < 1.29 is 9.47 Å². The van der Waals surface area contributed by atoms with Crippen LogP contribution in [0, 0.1) is 0 Å². The topological polar surface area (TPSA) is 18.5 Å². The van der Waals surface area contributed by atoms with Gasteiger partial charge in [0.25, 0.3) is 0 Å². The van der Waals surface area contributed by atoms with Gasteiger partial charge in [-0.2, -0.15) is 0 Å². The van der Waals surface area contributed by atoms with Crippen molar-refractivity contribution in [1.82, 2.24) is 0 Å². The minimum Gasteiger partial charge on any atom is -0.495 e. The minimum atomic E-state index is 0.578. The molecule has 0 fully saturated rings. The van der Waals surface area contributed by atoms with Crippen LogP contribution in [0.2, 0.25) is 5.02 Å². The zero-order valence-electron chi connectivity index (χ0n) is 7.43. The van der Waals surface area contributed by atoms with Crippen LogP contribution in [0.4, 0.5) is 0 Å². The normalized spacial score (nSPS) is 9.85. The summed E-state index contributed by atoms with van der Waals surface area (Å²) < 4.78 is 11.2. The first-order chi connectivity index (χ1) is 6.19. The number of halogens is 2. The van der Waals surface area contributed by atoms with Crippen LogP contribution in [-0.4, -0.2) is 13.7 Å². The van der Waals surface area contributed by atoms with Crippen molar-refractivity contribution in [2.45, 2.75) is 6.92 Å². The summed E-state index contributed by atoms with van der Waals surface area (Å²) in [5, 5.41) is 0.578. The zero-order chi connectivity index (χ0) is 9.84. The fraction of sp³-hybridized carbons (Fsp3) is 0.333. The molecule has 2 nitrogen and oxygen atoms in total. The molecule has 0 N–H and O–H groups in total. The van der Waals surface area contributed by atoms with Gasteiger partial charge < -0.3 is 9.47 Å². The van der Waals surface area contributed by atoms with E-state index in [-0.39, 0.29) is 0 Å². The lowest BCUT2D eigenvalue weighted by molar-refractivity contribution is 0.336. The van der Waals surface area contributed by atoms with Crippen LogP contribution in [0.25, 0.3) is 0 Å². The molecule has 72 valence electrons. The molecule has 0 heterocycles. The molecule has 0 saturated heterocycles. The highest BCUT2D eigenvalue weighted by atomic mass is 79.9. The predicted molar refractivity (Wildman–Crippen MR) is 56.9 cm³/mol. The van der Waals surface area contributed by atoms with Gasteiger partial charge in [-0.05, 0) is 28.9 Å². The molecule has 0 bridgehead atoms. The molecule has 0 unspecified atom stereocenters. The summed E-state index contributed by atoms with van der Waals surface area (Å²) in [6, 6.07) is 3.52. The molecule has 13 heavy (non-hydrogen) atoms. The Balaban J connectivity index is 3.06. The van der Waals surface area contributed by atoms with Crippen molar-refractivity contribution in [2.24, 2.45) is 0 Å². The molecule has 0 radical (unpaired) electrons. The second-order valence-electron chi connectivity index (χ2n) is 2.35. The average Bonchev–Trinajstić information content (AvgIpc) is 2.10. The highest BCUT2D eigenvalue weighted by molar-refractivity contribution is 9.10. The van der Waals surface area contributed by atoms with Crippen LogP contribution in [0.15, 0.2) is 16.6 Å². The summed E-state index contributed by atoms with van der Waals surface area (Å²) in [6.45, 7) is 2.50. The van der Waals surface area contributed by atoms with Crippen molar-refractivity contribution in [2.75, 3.05) is 13.7 Å². The van der Waals surface area contributed by atoms with E-state index < -0.39 is 0 Å². The van der Waals surface area contributed by atoms with Gasteiger partial charge in [0.15, 0.2) is 0 Å². The monoisotopic (exact) mass is 264 g/mol. The molecule has 0 amide bonds. The molecule has 4 heteroatoms. The Labute approximate surface area is 90.9 Å². The first kappa shape index (κ1) is 10.7. The highest BCUT2D eigenvalue weighted by Crippen LogP contribution is 2.35. The first-order valence-corrected chi connectivity index (χ1v) is 5.02. The summed E-state index contributed by atoms with van der Waals surface area (Å²) in [5.41, 5.74) is 0. The lowest BCUT2D eigenvalue weighted by Crippen LogP contribution is -1.93. The SMILES string of the molecule is CCOc1cc(OC)c(Br)cc1Cl. The third-order valence-electron chi connectivity index (χ3n) is 1.51. The van der Waals surface area contributed by atoms with Crippen LogP contribution in [-0.2, 0) is 0 Å². The number of rotatable bonds is 3. The molecule has 0 saturated carbocycles. The van der Waals surface area contributed by atoms with Crippen LogP contribution >= 0.6 is 27.5 Å². The largest absolute Gasteiger partial charge is 0.495 e. The molecular formula is C9H10BrClO2. The van der Waals surface area contributed by atoms with E-state index in [2.05, 4.69) is 15.9 Å². The third-order valence-corrected chi connectivity index (χ3v) is 2.42. The zero-order valence-corrected chi connectivity index (χ0v) is 9.78. The van der Waals surface area contributed by atoms with Crippen LogP contribution in [0.1, 0.15) is 6.92 Å². The van der Waals surface area contributed by atoms with E-state index in [1.54, 1.807) is 19.2 Å². The Morgan fingerprint density at radius 2 is 2.08 bits per heavy atom. The summed E-state index contributed by atoms with van der Waals surface area (Å²) >= 11 is 9.25. The molecule has 0 aliphatic heterocycles. The summed E-state index contributed by atoms with van der Waals surface area (Å²) in [7, 11) is 1.60. The number of ether oxygens (including phenoxy) is 2. The van der Waals surface area contributed by atoms with Crippen molar-refractivity contribution in [1.29, 1.82) is 0 Å². The Hall–Kier alpha value is -0.410. The van der Waals surface area contributed by atoms with E-state index in [0.29, 0.717) is 23.1 Å². The first-order valence-electron chi connectivity index (χ1n) is 3.84. The van der Waals surface area contributed by atoms with Gasteiger partial charge in [0, 0.05) is 6.07 Å². The van der Waals surface area contributed by atoms with Crippen molar-refractivity contribution in [3.63, 3.8) is 0 Å². The van der Waals surface area contributed by atoms with Gasteiger partial charge in [-0.1, -0.05) is 11.6 Å². The van der Waals surface area contributed by atoms with E-state index in [1.165, 1.54) is 0 Å². The van der Waals surface area contributed by atoms with Crippen molar-refractivity contribution >= 4 is 27.5 Å². The van der Waals surface area contributed by atoms with E-state index >= 15 is 0 Å². The number of methoxy groups -OCH3 is 1. The van der Waals surface area contributed by atoms with Crippen LogP contribution < -0.4 is 9.47 Å². The fourth-order valence-electron chi connectivity index (χ4n) is 0.933. The Kier molecular flexibility index (Phi) is 3.88. The average molecular weight is 266 g/mol. The lowest BCUT2D eigenvalue weighted by atomic mass is 10.3. The summed E-state index contributed by atoms with van der Waals surface area (Å²) in [5.74, 6) is 1.36. The maximum atomic E-state index is 5.93. The van der Waals surface area contributed by atoms with Gasteiger partial charge in [-0.15, -0.1) is 0 Å². The summed E-state index contributed by atoms with van der Waals surface area (Å²) in [4.78, 5) is 0. The van der Waals surface area contributed by atoms with Gasteiger partial charge in [0.2, 0.25) is 0 Å². The molecule has 1 rings (SSSR count). The van der Waals surface area contributed by atoms with Gasteiger partial charge in [-0.25, -0.2) is 0 Å². The van der Waals surface area contributed by atoms with E-state index in [1.807, 2.05) is 6.92 Å². The van der Waals surface area contributed by atoms with Gasteiger partial charge in [0.05, 0.1) is 23.2 Å². The molecule has 0 spiro atoms. The van der Waals surface area contributed by atoms with Crippen molar-refractivity contribution in [3.8, 4) is 11.5 Å². The molecule has 1 aromatic rings. The lowest BCUT2D eigenvalue weighted by Gasteiger charge is -2.09. The maximum absolute atomic E-state index is 5.93. The minimum absolute atomic E-state index is 0.578. The maximum Gasteiger partial charge on any atom is 0.141 e. The Morgan fingerprint density at radius 3 is 2.62 bits per heavy atom. The number of hydrogen-bond acceptors (Lipinski definition) is 2. The Bertz CT molecular complexity index is 302. The van der Waals surface area contributed by atoms with Gasteiger partial charge >= 0.3 is 0 Å². The van der Waals surface area contributed by atoms with E-state index in [9.17, 15) is 0 Å². The van der Waals surface area contributed by atoms with Gasteiger partial charge in [0.1, 0.15) is 11.5 Å². The summed E-state index contributed by atoms with van der Waals surface area (Å²) in [6.07, 6.45) is 0. The number of hydrogen-bond donors (Lipinski definition) is 0. The molecule has 0 aliphatic carbocycles. The highest BCUT2D eigenvalue weighted by Gasteiger charge is 2.07. The van der Waals surface area contributed by atoms with E-state index in [4.69, 9.17) is 21.1 Å². The van der Waals surface area contributed by atoms with Crippen molar-refractivity contribution in [3.05, 3.63) is 21.6 Å². The fourth-order valence-corrected chi connectivity index (χ4v) is 1.79. The quantitative estimate of drug-likeness (QED) is 0.833. The molecule has 0 aromatic heterocycles.